The zero-order valence-electron chi connectivity index (χ0n) is 10.8. The number of carbonyl (C=O) groups is 1. The van der Waals surface area contributed by atoms with Gasteiger partial charge in [0.25, 0.3) is 0 Å². The van der Waals surface area contributed by atoms with Crippen molar-refractivity contribution in [1.29, 1.82) is 0 Å². The van der Waals surface area contributed by atoms with Crippen molar-refractivity contribution in [2.45, 2.75) is 11.2 Å². The third kappa shape index (κ3) is 2.81. The van der Waals surface area contributed by atoms with Gasteiger partial charge in [0.2, 0.25) is 0 Å². The molecule has 0 bridgehead atoms. The summed E-state index contributed by atoms with van der Waals surface area (Å²) in [6, 6.07) is 8.63. The number of ether oxygens (including phenoxy) is 1. The van der Waals surface area contributed by atoms with Gasteiger partial charge < -0.3 is 9.84 Å². The molecule has 0 saturated carbocycles. The molecule has 0 radical (unpaired) electrons. The van der Waals surface area contributed by atoms with Crippen molar-refractivity contribution in [2.75, 3.05) is 7.11 Å². The number of rotatable bonds is 4. The zero-order valence-corrected chi connectivity index (χ0v) is 12.3. The molecule has 0 aliphatic heterocycles. The van der Waals surface area contributed by atoms with Crippen LogP contribution in [0.3, 0.4) is 0 Å². The molecule has 1 aliphatic rings. The maximum Gasteiger partial charge on any atom is 0.178 e. The molecule has 0 spiro atoms. The summed E-state index contributed by atoms with van der Waals surface area (Å²) in [5, 5.41) is 9.08. The van der Waals surface area contributed by atoms with Crippen molar-refractivity contribution in [3.05, 3.63) is 59.2 Å². The lowest BCUT2D eigenvalue weighted by Crippen LogP contribution is -2.41. The molecular weight excluding hydrogens is 299 g/mol. The number of halogens is 2. The third-order valence-corrected chi connectivity index (χ3v) is 4.07. The summed E-state index contributed by atoms with van der Waals surface area (Å²) in [6.07, 6.45) is 3.43. The van der Waals surface area contributed by atoms with Crippen LogP contribution in [0.4, 0.5) is 0 Å². The van der Waals surface area contributed by atoms with Crippen LogP contribution in [0.15, 0.2) is 53.6 Å². The second kappa shape index (κ2) is 6.10. The van der Waals surface area contributed by atoms with E-state index in [0.29, 0.717) is 5.56 Å². The molecule has 106 valence electrons. The number of carbonyl (C=O) groups excluding carboxylic acids is 1. The maximum absolute atomic E-state index is 12.5. The fourth-order valence-electron chi connectivity index (χ4n) is 2.12. The highest BCUT2D eigenvalue weighted by atomic mass is 35.5. The molecule has 1 N–H and O–H groups in total. The van der Waals surface area contributed by atoms with Crippen LogP contribution in [0.2, 0.25) is 0 Å². The van der Waals surface area contributed by atoms with Crippen molar-refractivity contribution in [1.82, 2.24) is 0 Å². The second-order valence-electron chi connectivity index (χ2n) is 4.46. The number of hydrogen-bond acceptors (Lipinski definition) is 3. The Morgan fingerprint density at radius 2 is 2.05 bits per heavy atom. The highest BCUT2D eigenvalue weighted by molar-refractivity contribution is 6.35. The monoisotopic (exact) mass is 312 g/mol. The van der Waals surface area contributed by atoms with Gasteiger partial charge >= 0.3 is 0 Å². The summed E-state index contributed by atoms with van der Waals surface area (Å²) in [7, 11) is 1.39. The van der Waals surface area contributed by atoms with Gasteiger partial charge in [0.05, 0.1) is 0 Å². The van der Waals surface area contributed by atoms with Crippen molar-refractivity contribution >= 4 is 29.0 Å². The molecule has 3 unspecified atom stereocenters. The molecule has 1 aliphatic carbocycles. The molecule has 0 heterocycles. The molecule has 1 aromatic rings. The Hall–Kier alpha value is -1.13. The first-order chi connectivity index (χ1) is 9.49. The molecule has 3 nitrogen and oxygen atoms in total. The van der Waals surface area contributed by atoms with Crippen molar-refractivity contribution < 1.29 is 14.6 Å². The minimum atomic E-state index is -1.38. The van der Waals surface area contributed by atoms with Gasteiger partial charge in [-0.2, -0.15) is 0 Å². The van der Waals surface area contributed by atoms with Crippen LogP contribution in [0.5, 0.6) is 0 Å². The minimum Gasteiger partial charge on any atom is -0.381 e. The average molecular weight is 313 g/mol. The fraction of sp³-hybridized carbons (Fsp3) is 0.267. The minimum absolute atomic E-state index is 0.240. The molecule has 0 aromatic heterocycles. The number of benzene rings is 1. The number of alkyl halides is 1. The van der Waals surface area contributed by atoms with E-state index in [1.807, 2.05) is 0 Å². The number of Topliss-reactive ketones (excluding diaryl/α,β-unsaturated/α-hetero) is 1. The van der Waals surface area contributed by atoms with Crippen molar-refractivity contribution in [3.8, 4) is 0 Å². The molecule has 20 heavy (non-hydrogen) atoms. The quantitative estimate of drug-likeness (QED) is 0.869. The van der Waals surface area contributed by atoms with Crippen LogP contribution >= 0.6 is 23.2 Å². The highest BCUT2D eigenvalue weighted by Gasteiger charge is 2.45. The summed E-state index contributed by atoms with van der Waals surface area (Å²) in [5.41, 5.74) is 0.492. The Labute approximate surface area is 127 Å². The van der Waals surface area contributed by atoms with E-state index >= 15 is 0 Å². The lowest BCUT2D eigenvalue weighted by Gasteiger charge is -2.33. The molecule has 1 aromatic carbocycles. The number of allylic oxidation sites excluding steroid dienone is 2. The number of ketones is 1. The Balaban J connectivity index is 2.32. The Kier molecular flexibility index (Phi) is 4.66. The normalized spacial score (nSPS) is 27.0. The number of aliphatic hydroxyl groups excluding tert-OH is 1. The van der Waals surface area contributed by atoms with Crippen LogP contribution in [-0.4, -0.2) is 23.1 Å². The van der Waals surface area contributed by atoms with Crippen LogP contribution in [0, 0.1) is 5.92 Å². The second-order valence-corrected chi connectivity index (χ2v) is 5.49. The fourth-order valence-corrected chi connectivity index (χ4v) is 2.82. The van der Waals surface area contributed by atoms with Gasteiger partial charge in [-0.15, -0.1) is 0 Å². The van der Waals surface area contributed by atoms with Crippen LogP contribution in [-0.2, 0) is 9.53 Å². The predicted molar refractivity (Wildman–Crippen MR) is 78.6 cm³/mol. The Morgan fingerprint density at radius 3 is 2.65 bits per heavy atom. The van der Waals surface area contributed by atoms with E-state index in [2.05, 4.69) is 0 Å². The lowest BCUT2D eigenvalue weighted by atomic mass is 9.87. The summed E-state index contributed by atoms with van der Waals surface area (Å²) in [5.74, 6) is -1.45. The van der Waals surface area contributed by atoms with Crippen LogP contribution < -0.4 is 0 Å². The summed E-state index contributed by atoms with van der Waals surface area (Å²) >= 11 is 12.4. The SMILES string of the molecule is COC1(Cl)C=CC=C(Cl)C1C(=O)C(O)c1ccccc1. The third-order valence-electron chi connectivity index (χ3n) is 3.23. The molecule has 5 heteroatoms. The first kappa shape index (κ1) is 15.3. The van der Waals surface area contributed by atoms with Gasteiger partial charge in [0.1, 0.15) is 12.0 Å². The number of methoxy groups -OCH3 is 1. The van der Waals surface area contributed by atoms with Crippen molar-refractivity contribution in [3.63, 3.8) is 0 Å². The summed E-state index contributed by atoms with van der Waals surface area (Å²) in [6.45, 7) is 0. The van der Waals surface area contributed by atoms with E-state index in [-0.39, 0.29) is 5.03 Å². The molecule has 0 amide bonds. The van der Waals surface area contributed by atoms with E-state index in [4.69, 9.17) is 27.9 Å². The van der Waals surface area contributed by atoms with Gasteiger partial charge in [-0.1, -0.05) is 59.6 Å². The van der Waals surface area contributed by atoms with Gasteiger partial charge in [-0.05, 0) is 17.7 Å². The summed E-state index contributed by atoms with van der Waals surface area (Å²) < 4.78 is 5.19. The number of hydrogen-bond donors (Lipinski definition) is 1. The highest BCUT2D eigenvalue weighted by Crippen LogP contribution is 2.41. The van der Waals surface area contributed by atoms with E-state index in [0.717, 1.165) is 0 Å². The summed E-state index contributed by atoms with van der Waals surface area (Å²) in [4.78, 5) is 12.5. The molecule has 2 rings (SSSR count). The van der Waals surface area contributed by atoms with E-state index < -0.39 is 22.9 Å². The van der Waals surface area contributed by atoms with Gasteiger partial charge in [-0.3, -0.25) is 4.79 Å². The lowest BCUT2D eigenvalue weighted by molar-refractivity contribution is -0.134. The van der Waals surface area contributed by atoms with Crippen LogP contribution in [0.1, 0.15) is 11.7 Å². The van der Waals surface area contributed by atoms with E-state index in [1.165, 1.54) is 7.11 Å². The molecular formula is C15H14Cl2O3. The topological polar surface area (TPSA) is 46.5 Å². The van der Waals surface area contributed by atoms with E-state index in [1.54, 1.807) is 48.6 Å². The Bertz CT molecular complexity index is 553. The molecule has 3 atom stereocenters. The average Bonchev–Trinajstić information content (AvgIpc) is 2.47. The van der Waals surface area contributed by atoms with Gasteiger partial charge in [-0.25, -0.2) is 0 Å². The Morgan fingerprint density at radius 1 is 1.40 bits per heavy atom. The predicted octanol–water partition coefficient (Wildman–Crippen LogP) is 3.18. The zero-order chi connectivity index (χ0) is 14.8. The standard InChI is InChI=1S/C15H14Cl2O3/c1-20-15(17)9-5-8-11(16)12(15)14(19)13(18)10-6-3-2-4-7-10/h2-9,12-13,18H,1H3. The number of aliphatic hydroxyl groups is 1. The van der Waals surface area contributed by atoms with Gasteiger partial charge in [0, 0.05) is 12.1 Å². The first-order valence-electron chi connectivity index (χ1n) is 6.05. The first-order valence-corrected chi connectivity index (χ1v) is 6.81. The molecule has 0 saturated heterocycles. The largest absolute Gasteiger partial charge is 0.381 e. The van der Waals surface area contributed by atoms with Crippen molar-refractivity contribution in [2.24, 2.45) is 5.92 Å². The smallest absolute Gasteiger partial charge is 0.178 e. The van der Waals surface area contributed by atoms with Gasteiger partial charge in [0.15, 0.2) is 10.8 Å². The molecule has 0 fully saturated rings. The van der Waals surface area contributed by atoms with Crippen LogP contribution in [0.25, 0.3) is 0 Å². The maximum atomic E-state index is 12.5. The van der Waals surface area contributed by atoms with E-state index in [9.17, 15) is 9.90 Å².